The fraction of sp³-hybridized carbons (Fsp3) is 0.500. The zero-order valence-corrected chi connectivity index (χ0v) is 11.7. The van der Waals surface area contributed by atoms with Crippen LogP contribution in [-0.2, 0) is 12.6 Å². The van der Waals surface area contributed by atoms with E-state index in [1.165, 1.54) is 0 Å². The quantitative estimate of drug-likeness (QED) is 0.850. The molecule has 2 nitrogen and oxygen atoms in total. The first-order valence-electron chi connectivity index (χ1n) is 4.93. The molecule has 0 saturated carbocycles. The van der Waals surface area contributed by atoms with Crippen molar-refractivity contribution in [3.63, 3.8) is 0 Å². The molecule has 104 valence electrons. The van der Waals surface area contributed by atoms with Gasteiger partial charge in [0.2, 0.25) is 0 Å². The molecular formula is C10H12Cl3F3N2. The molecule has 8 heteroatoms. The van der Waals surface area contributed by atoms with E-state index in [0.29, 0.717) is 6.42 Å². The molecule has 0 amide bonds. The molecule has 0 saturated heterocycles. The molecule has 1 aromatic rings. The lowest BCUT2D eigenvalue weighted by Gasteiger charge is -2.16. The minimum atomic E-state index is -4.51. The minimum Gasteiger partial charge on any atom is -0.327 e. The van der Waals surface area contributed by atoms with Crippen molar-refractivity contribution in [2.24, 2.45) is 5.73 Å². The van der Waals surface area contributed by atoms with Gasteiger partial charge in [0.1, 0.15) is 10.3 Å². The Kier molecular flexibility index (Phi) is 6.71. The molecule has 1 aromatic heterocycles. The summed E-state index contributed by atoms with van der Waals surface area (Å²) < 4.78 is 38.3. The van der Waals surface area contributed by atoms with Gasteiger partial charge in [-0.3, -0.25) is 0 Å². The van der Waals surface area contributed by atoms with Crippen molar-refractivity contribution in [2.45, 2.75) is 32.0 Å². The van der Waals surface area contributed by atoms with Gasteiger partial charge < -0.3 is 5.73 Å². The zero-order chi connectivity index (χ0) is 13.2. The van der Waals surface area contributed by atoms with E-state index in [1.54, 1.807) is 6.92 Å². The number of halogens is 6. The standard InChI is InChI=1S/C10H11Cl2F3N2.ClH/c1-2-5(16)3-6-7(10(13,14)15)4-8(11)17-9(6)12;/h4-5H,2-3,16H2,1H3;1H. The molecule has 0 aliphatic heterocycles. The van der Waals surface area contributed by atoms with Gasteiger partial charge in [0.05, 0.1) is 5.56 Å². The Morgan fingerprint density at radius 3 is 2.39 bits per heavy atom. The molecule has 1 unspecified atom stereocenters. The Morgan fingerprint density at radius 2 is 1.94 bits per heavy atom. The van der Waals surface area contributed by atoms with E-state index < -0.39 is 17.8 Å². The third-order valence-corrected chi connectivity index (χ3v) is 2.84. The van der Waals surface area contributed by atoms with Crippen LogP contribution in [0.2, 0.25) is 10.3 Å². The van der Waals surface area contributed by atoms with Gasteiger partial charge in [0.25, 0.3) is 0 Å². The highest BCUT2D eigenvalue weighted by Gasteiger charge is 2.35. The fourth-order valence-corrected chi connectivity index (χ4v) is 1.87. The second-order valence-electron chi connectivity index (χ2n) is 3.63. The van der Waals surface area contributed by atoms with Gasteiger partial charge in [0, 0.05) is 11.6 Å². The average Bonchev–Trinajstić information content (AvgIpc) is 2.19. The number of nitrogens with two attached hydrogens (primary N) is 1. The van der Waals surface area contributed by atoms with Gasteiger partial charge in [-0.15, -0.1) is 12.4 Å². The van der Waals surface area contributed by atoms with E-state index in [0.717, 1.165) is 6.07 Å². The maximum absolute atomic E-state index is 12.8. The van der Waals surface area contributed by atoms with Crippen LogP contribution in [0.3, 0.4) is 0 Å². The third kappa shape index (κ3) is 4.46. The Hall–Kier alpha value is -0.230. The molecular weight excluding hydrogens is 311 g/mol. The number of hydrogen-bond acceptors (Lipinski definition) is 2. The second-order valence-corrected chi connectivity index (χ2v) is 4.38. The summed E-state index contributed by atoms with van der Waals surface area (Å²) in [5, 5.41) is -0.523. The lowest BCUT2D eigenvalue weighted by Crippen LogP contribution is -2.24. The van der Waals surface area contributed by atoms with Gasteiger partial charge in [-0.1, -0.05) is 30.1 Å². The van der Waals surface area contributed by atoms with Crippen LogP contribution in [0.25, 0.3) is 0 Å². The highest BCUT2D eigenvalue weighted by Crippen LogP contribution is 2.36. The van der Waals surface area contributed by atoms with Crippen molar-refractivity contribution in [1.82, 2.24) is 4.98 Å². The Labute approximate surface area is 119 Å². The van der Waals surface area contributed by atoms with Crippen LogP contribution >= 0.6 is 35.6 Å². The molecule has 1 heterocycles. The number of aromatic nitrogens is 1. The predicted molar refractivity (Wildman–Crippen MR) is 68.5 cm³/mol. The summed E-state index contributed by atoms with van der Waals surface area (Å²) in [6.45, 7) is 1.79. The van der Waals surface area contributed by atoms with Crippen molar-refractivity contribution in [1.29, 1.82) is 0 Å². The first-order valence-corrected chi connectivity index (χ1v) is 5.69. The topological polar surface area (TPSA) is 38.9 Å². The van der Waals surface area contributed by atoms with Gasteiger partial charge >= 0.3 is 6.18 Å². The molecule has 0 aliphatic rings. The van der Waals surface area contributed by atoms with E-state index in [4.69, 9.17) is 28.9 Å². The minimum absolute atomic E-state index is 0. The van der Waals surface area contributed by atoms with Crippen molar-refractivity contribution < 1.29 is 13.2 Å². The van der Waals surface area contributed by atoms with Crippen LogP contribution in [-0.4, -0.2) is 11.0 Å². The summed E-state index contributed by atoms with van der Waals surface area (Å²) in [5.74, 6) is 0. The number of rotatable bonds is 3. The van der Waals surface area contributed by atoms with Gasteiger partial charge in [-0.05, 0) is 18.9 Å². The third-order valence-electron chi connectivity index (χ3n) is 2.34. The lowest BCUT2D eigenvalue weighted by molar-refractivity contribution is -0.138. The smallest absolute Gasteiger partial charge is 0.327 e. The van der Waals surface area contributed by atoms with E-state index in [-0.39, 0.29) is 34.7 Å². The number of alkyl halides is 3. The van der Waals surface area contributed by atoms with Crippen LogP contribution in [0.15, 0.2) is 6.07 Å². The number of pyridine rings is 1. The maximum Gasteiger partial charge on any atom is 0.416 e. The van der Waals surface area contributed by atoms with Gasteiger partial charge in [-0.2, -0.15) is 13.2 Å². The van der Waals surface area contributed by atoms with Crippen molar-refractivity contribution in [3.05, 3.63) is 27.5 Å². The number of nitrogens with zero attached hydrogens (tertiary/aromatic N) is 1. The monoisotopic (exact) mass is 322 g/mol. The summed E-state index contributed by atoms with van der Waals surface area (Å²) in [6.07, 6.45) is -3.94. The normalized spacial score (nSPS) is 13.1. The van der Waals surface area contributed by atoms with E-state index in [2.05, 4.69) is 4.98 Å². The van der Waals surface area contributed by atoms with E-state index in [9.17, 15) is 13.2 Å². The van der Waals surface area contributed by atoms with E-state index >= 15 is 0 Å². The van der Waals surface area contributed by atoms with Crippen molar-refractivity contribution in [2.75, 3.05) is 0 Å². The molecule has 2 N–H and O–H groups in total. The zero-order valence-electron chi connectivity index (χ0n) is 9.39. The Morgan fingerprint density at radius 1 is 1.39 bits per heavy atom. The summed E-state index contributed by atoms with van der Waals surface area (Å²) in [7, 11) is 0. The SMILES string of the molecule is CCC(N)Cc1c(C(F)(F)F)cc(Cl)nc1Cl.Cl. The van der Waals surface area contributed by atoms with Crippen molar-refractivity contribution in [3.8, 4) is 0 Å². The maximum atomic E-state index is 12.8. The fourth-order valence-electron chi connectivity index (χ4n) is 1.36. The molecule has 1 atom stereocenters. The predicted octanol–water partition coefficient (Wildman–Crippen LogP) is 4.11. The Bertz CT molecular complexity index is 410. The van der Waals surface area contributed by atoms with Crippen LogP contribution in [0.4, 0.5) is 13.2 Å². The van der Waals surface area contributed by atoms with Gasteiger partial charge in [0.15, 0.2) is 0 Å². The van der Waals surface area contributed by atoms with Crippen molar-refractivity contribution >= 4 is 35.6 Å². The average molecular weight is 324 g/mol. The van der Waals surface area contributed by atoms with Crippen LogP contribution in [0.1, 0.15) is 24.5 Å². The highest BCUT2D eigenvalue weighted by molar-refractivity contribution is 6.33. The summed E-state index contributed by atoms with van der Waals surface area (Å²) in [4.78, 5) is 3.61. The molecule has 1 rings (SSSR count). The van der Waals surface area contributed by atoms with E-state index in [1.807, 2.05) is 0 Å². The van der Waals surface area contributed by atoms with Crippen LogP contribution in [0, 0.1) is 0 Å². The summed E-state index contributed by atoms with van der Waals surface area (Å²) in [5.41, 5.74) is 4.67. The number of hydrogen-bond donors (Lipinski definition) is 1. The largest absolute Gasteiger partial charge is 0.416 e. The van der Waals surface area contributed by atoms with Gasteiger partial charge in [-0.25, -0.2) is 4.98 Å². The highest BCUT2D eigenvalue weighted by atomic mass is 35.5. The second kappa shape index (κ2) is 6.80. The first-order chi connectivity index (χ1) is 7.75. The Balaban J connectivity index is 0.00000289. The lowest BCUT2D eigenvalue weighted by atomic mass is 10.0. The first kappa shape index (κ1) is 17.8. The molecule has 0 bridgehead atoms. The molecule has 0 aromatic carbocycles. The van der Waals surface area contributed by atoms with Crippen LogP contribution < -0.4 is 5.73 Å². The molecule has 18 heavy (non-hydrogen) atoms. The molecule has 0 radical (unpaired) electrons. The molecule has 0 fully saturated rings. The molecule has 0 spiro atoms. The molecule has 0 aliphatic carbocycles. The summed E-state index contributed by atoms with van der Waals surface area (Å²) in [6, 6.07) is 0.377. The summed E-state index contributed by atoms with van der Waals surface area (Å²) >= 11 is 11.2. The van der Waals surface area contributed by atoms with Crippen LogP contribution in [0.5, 0.6) is 0 Å².